The maximum absolute atomic E-state index is 10.2. The Morgan fingerprint density at radius 1 is 1.06 bits per heavy atom. The van der Waals surface area contributed by atoms with Crippen LogP contribution in [0.5, 0.6) is 11.5 Å². The molecule has 1 aliphatic carbocycles. The third kappa shape index (κ3) is 1.23. The monoisotopic (exact) mass is 240 g/mol. The highest BCUT2D eigenvalue weighted by molar-refractivity contribution is 5.86. The van der Waals surface area contributed by atoms with Crippen molar-refractivity contribution in [3.05, 3.63) is 47.5 Å². The standard InChI is InChI=1S/C16H16O2/c1-16(2)11-7-5-4-6-10(11)14-12(17)8-9-13(18-3)15(14)16/h4-9,17H,1-3H3. The smallest absolute Gasteiger partial charge is 0.123 e. The van der Waals surface area contributed by atoms with Crippen LogP contribution >= 0.6 is 0 Å². The molecule has 0 aromatic heterocycles. The summed E-state index contributed by atoms with van der Waals surface area (Å²) in [6, 6.07) is 11.8. The zero-order chi connectivity index (χ0) is 12.9. The van der Waals surface area contributed by atoms with Gasteiger partial charge < -0.3 is 9.84 Å². The molecule has 0 heterocycles. The number of methoxy groups -OCH3 is 1. The van der Waals surface area contributed by atoms with E-state index in [1.807, 2.05) is 18.2 Å². The van der Waals surface area contributed by atoms with Crippen molar-refractivity contribution in [1.82, 2.24) is 0 Å². The van der Waals surface area contributed by atoms with Crippen molar-refractivity contribution in [3.63, 3.8) is 0 Å². The van der Waals surface area contributed by atoms with E-state index < -0.39 is 0 Å². The zero-order valence-corrected chi connectivity index (χ0v) is 10.8. The number of benzene rings is 2. The molecule has 2 aromatic carbocycles. The zero-order valence-electron chi connectivity index (χ0n) is 10.8. The SMILES string of the molecule is COc1ccc(O)c2c1C(C)(C)c1ccccc1-2. The fourth-order valence-corrected chi connectivity index (χ4v) is 3.02. The number of phenols is 1. The Hall–Kier alpha value is -1.96. The molecule has 0 saturated heterocycles. The van der Waals surface area contributed by atoms with Crippen LogP contribution in [-0.4, -0.2) is 12.2 Å². The van der Waals surface area contributed by atoms with E-state index >= 15 is 0 Å². The van der Waals surface area contributed by atoms with E-state index in [4.69, 9.17) is 4.74 Å². The predicted octanol–water partition coefficient (Wildman–Crippen LogP) is 3.71. The molecule has 0 bridgehead atoms. The van der Waals surface area contributed by atoms with Gasteiger partial charge in [-0.25, -0.2) is 0 Å². The molecule has 0 atom stereocenters. The van der Waals surface area contributed by atoms with Gasteiger partial charge in [0, 0.05) is 16.5 Å². The molecule has 2 aromatic rings. The number of ether oxygens (including phenoxy) is 1. The van der Waals surface area contributed by atoms with E-state index in [9.17, 15) is 5.11 Å². The van der Waals surface area contributed by atoms with Crippen LogP contribution in [0.4, 0.5) is 0 Å². The maximum atomic E-state index is 10.2. The number of rotatable bonds is 1. The molecule has 1 N–H and O–H groups in total. The summed E-state index contributed by atoms with van der Waals surface area (Å²) in [5.74, 6) is 1.16. The summed E-state index contributed by atoms with van der Waals surface area (Å²) < 4.78 is 5.47. The van der Waals surface area contributed by atoms with Crippen molar-refractivity contribution in [2.75, 3.05) is 7.11 Å². The predicted molar refractivity (Wildman–Crippen MR) is 72.2 cm³/mol. The van der Waals surface area contributed by atoms with Gasteiger partial charge in [-0.2, -0.15) is 0 Å². The fraction of sp³-hybridized carbons (Fsp3) is 0.250. The molecule has 0 amide bonds. The molecule has 92 valence electrons. The van der Waals surface area contributed by atoms with Gasteiger partial charge in [-0.05, 0) is 23.3 Å². The number of aromatic hydroxyl groups is 1. The van der Waals surface area contributed by atoms with Crippen LogP contribution in [-0.2, 0) is 5.41 Å². The molecule has 2 heteroatoms. The van der Waals surface area contributed by atoms with Crippen molar-refractivity contribution in [3.8, 4) is 22.6 Å². The van der Waals surface area contributed by atoms with Crippen LogP contribution in [0.1, 0.15) is 25.0 Å². The molecule has 18 heavy (non-hydrogen) atoms. The minimum Gasteiger partial charge on any atom is -0.507 e. The highest BCUT2D eigenvalue weighted by Crippen LogP contribution is 2.55. The molecule has 0 spiro atoms. The lowest BCUT2D eigenvalue weighted by atomic mass is 9.82. The minimum absolute atomic E-state index is 0.143. The molecule has 2 nitrogen and oxygen atoms in total. The van der Waals surface area contributed by atoms with Gasteiger partial charge >= 0.3 is 0 Å². The number of hydrogen-bond acceptors (Lipinski definition) is 2. The molecular formula is C16H16O2. The van der Waals surface area contributed by atoms with E-state index in [0.717, 1.165) is 22.4 Å². The Kier molecular flexibility index (Phi) is 2.18. The van der Waals surface area contributed by atoms with Gasteiger partial charge in [0.15, 0.2) is 0 Å². The summed E-state index contributed by atoms with van der Waals surface area (Å²) in [6.07, 6.45) is 0. The highest BCUT2D eigenvalue weighted by Gasteiger charge is 2.39. The van der Waals surface area contributed by atoms with Gasteiger partial charge in [-0.3, -0.25) is 0 Å². The molecule has 1 aliphatic rings. The first-order chi connectivity index (χ1) is 8.57. The van der Waals surface area contributed by atoms with Crippen molar-refractivity contribution < 1.29 is 9.84 Å². The molecule has 3 rings (SSSR count). The second-order valence-corrected chi connectivity index (χ2v) is 5.21. The first kappa shape index (κ1) is 11.1. The van der Waals surface area contributed by atoms with E-state index in [1.54, 1.807) is 13.2 Å². The maximum Gasteiger partial charge on any atom is 0.123 e. The highest BCUT2D eigenvalue weighted by atomic mass is 16.5. The van der Waals surface area contributed by atoms with Crippen LogP contribution in [0, 0.1) is 0 Å². The van der Waals surface area contributed by atoms with E-state index in [0.29, 0.717) is 5.75 Å². The van der Waals surface area contributed by atoms with Crippen molar-refractivity contribution in [1.29, 1.82) is 0 Å². The number of fused-ring (bicyclic) bond motifs is 3. The Morgan fingerprint density at radius 2 is 1.78 bits per heavy atom. The lowest BCUT2D eigenvalue weighted by Crippen LogP contribution is -2.16. The molecule has 0 saturated carbocycles. The van der Waals surface area contributed by atoms with Gasteiger partial charge in [0.05, 0.1) is 7.11 Å². The molecule has 0 unspecified atom stereocenters. The average Bonchev–Trinajstić information content (AvgIpc) is 2.61. The fourth-order valence-electron chi connectivity index (χ4n) is 3.02. The molecular weight excluding hydrogens is 224 g/mol. The van der Waals surface area contributed by atoms with Crippen LogP contribution < -0.4 is 4.74 Å². The Bertz CT molecular complexity index is 627. The second kappa shape index (κ2) is 3.52. The Balaban J connectivity index is 2.45. The quantitative estimate of drug-likeness (QED) is 0.823. The van der Waals surface area contributed by atoms with E-state index in [1.165, 1.54) is 5.56 Å². The van der Waals surface area contributed by atoms with Crippen LogP contribution in [0.15, 0.2) is 36.4 Å². The third-order valence-corrected chi connectivity index (χ3v) is 3.86. The minimum atomic E-state index is -0.143. The van der Waals surface area contributed by atoms with Gasteiger partial charge in [-0.15, -0.1) is 0 Å². The van der Waals surface area contributed by atoms with Gasteiger partial charge in [0.1, 0.15) is 11.5 Å². The third-order valence-electron chi connectivity index (χ3n) is 3.86. The molecule has 0 aliphatic heterocycles. The van der Waals surface area contributed by atoms with Crippen LogP contribution in [0.2, 0.25) is 0 Å². The topological polar surface area (TPSA) is 29.5 Å². The first-order valence-electron chi connectivity index (χ1n) is 6.07. The van der Waals surface area contributed by atoms with Crippen molar-refractivity contribution in [2.45, 2.75) is 19.3 Å². The van der Waals surface area contributed by atoms with Gasteiger partial charge in [0.2, 0.25) is 0 Å². The Morgan fingerprint density at radius 3 is 2.50 bits per heavy atom. The van der Waals surface area contributed by atoms with E-state index in [-0.39, 0.29) is 5.41 Å². The second-order valence-electron chi connectivity index (χ2n) is 5.21. The average molecular weight is 240 g/mol. The van der Waals surface area contributed by atoms with Gasteiger partial charge in [0.25, 0.3) is 0 Å². The van der Waals surface area contributed by atoms with Crippen molar-refractivity contribution >= 4 is 0 Å². The number of hydrogen-bond donors (Lipinski definition) is 1. The van der Waals surface area contributed by atoms with Crippen molar-refractivity contribution in [2.24, 2.45) is 0 Å². The normalized spacial score (nSPS) is 15.1. The summed E-state index contributed by atoms with van der Waals surface area (Å²) in [5.41, 5.74) is 4.19. The number of phenolic OH excluding ortho intramolecular Hbond substituents is 1. The van der Waals surface area contributed by atoms with Crippen LogP contribution in [0.25, 0.3) is 11.1 Å². The molecule has 0 radical (unpaired) electrons. The Labute approximate surface area is 107 Å². The lowest BCUT2D eigenvalue weighted by molar-refractivity contribution is 0.400. The first-order valence-corrected chi connectivity index (χ1v) is 6.07. The molecule has 0 fully saturated rings. The summed E-state index contributed by atoms with van der Waals surface area (Å²) in [6.45, 7) is 4.33. The largest absolute Gasteiger partial charge is 0.507 e. The van der Waals surface area contributed by atoms with E-state index in [2.05, 4.69) is 26.0 Å². The summed E-state index contributed by atoms with van der Waals surface area (Å²) in [7, 11) is 1.67. The summed E-state index contributed by atoms with van der Waals surface area (Å²) in [4.78, 5) is 0. The van der Waals surface area contributed by atoms with Gasteiger partial charge in [-0.1, -0.05) is 38.1 Å². The summed E-state index contributed by atoms with van der Waals surface area (Å²) in [5, 5.41) is 10.2. The van der Waals surface area contributed by atoms with Crippen LogP contribution in [0.3, 0.4) is 0 Å². The lowest BCUT2D eigenvalue weighted by Gasteiger charge is -2.23. The summed E-state index contributed by atoms with van der Waals surface area (Å²) >= 11 is 0.